The zero-order valence-corrected chi connectivity index (χ0v) is 11.1. The van der Waals surface area contributed by atoms with E-state index in [1.165, 1.54) is 16.5 Å². The van der Waals surface area contributed by atoms with E-state index in [2.05, 4.69) is 47.7 Å². The Kier molecular flexibility index (Phi) is 4.79. The number of benzene rings is 1. The second-order valence-corrected chi connectivity index (χ2v) is 4.99. The molecule has 0 fully saturated rings. The predicted molar refractivity (Wildman–Crippen MR) is 77.7 cm³/mol. The highest BCUT2D eigenvalue weighted by Gasteiger charge is 2.02. The number of aromatic amines is 1. The van der Waals surface area contributed by atoms with Crippen LogP contribution in [-0.4, -0.2) is 24.6 Å². The first kappa shape index (κ1) is 13.1. The largest absolute Gasteiger partial charge is 0.361 e. The van der Waals surface area contributed by atoms with Gasteiger partial charge in [-0.15, -0.1) is 0 Å². The smallest absolute Gasteiger partial charge is 0.0456 e. The van der Waals surface area contributed by atoms with Gasteiger partial charge in [0.2, 0.25) is 0 Å². The first-order chi connectivity index (χ1) is 8.81. The van der Waals surface area contributed by atoms with Crippen molar-refractivity contribution in [1.82, 2.24) is 10.3 Å². The minimum absolute atomic E-state index is 0.616. The van der Waals surface area contributed by atoms with Crippen molar-refractivity contribution < 1.29 is 0 Å². The van der Waals surface area contributed by atoms with E-state index < -0.39 is 0 Å². The van der Waals surface area contributed by atoms with E-state index in [0.29, 0.717) is 5.92 Å². The van der Waals surface area contributed by atoms with Gasteiger partial charge in [-0.05, 0) is 50.0 Å². The highest BCUT2D eigenvalue weighted by Crippen LogP contribution is 2.17. The Hall–Kier alpha value is -1.32. The predicted octanol–water partition coefficient (Wildman–Crippen LogP) is 2.28. The lowest BCUT2D eigenvalue weighted by Gasteiger charge is -2.08. The number of H-pyrrole nitrogens is 1. The fourth-order valence-corrected chi connectivity index (χ4v) is 2.15. The van der Waals surface area contributed by atoms with Crippen molar-refractivity contribution in [3.63, 3.8) is 0 Å². The van der Waals surface area contributed by atoms with Crippen molar-refractivity contribution in [3.8, 4) is 0 Å². The molecule has 0 bridgehead atoms. The Labute approximate surface area is 109 Å². The molecule has 0 spiro atoms. The molecule has 0 aliphatic carbocycles. The summed E-state index contributed by atoms with van der Waals surface area (Å²) in [5.74, 6) is 0.616. The molecule has 1 aromatic heterocycles. The fraction of sp³-hybridized carbons (Fsp3) is 0.467. The zero-order valence-electron chi connectivity index (χ0n) is 11.1. The third-order valence-corrected chi connectivity index (χ3v) is 3.46. The van der Waals surface area contributed by atoms with Crippen LogP contribution in [-0.2, 0) is 6.42 Å². The summed E-state index contributed by atoms with van der Waals surface area (Å²) in [6, 6.07) is 8.46. The van der Waals surface area contributed by atoms with Crippen LogP contribution in [0.5, 0.6) is 0 Å². The van der Waals surface area contributed by atoms with E-state index in [1.54, 1.807) is 0 Å². The highest BCUT2D eigenvalue weighted by molar-refractivity contribution is 5.83. The van der Waals surface area contributed by atoms with Gasteiger partial charge in [-0.3, -0.25) is 0 Å². The number of para-hydroxylation sites is 1. The number of fused-ring (bicyclic) bond motifs is 1. The molecule has 2 rings (SSSR count). The van der Waals surface area contributed by atoms with E-state index in [9.17, 15) is 0 Å². The molecule has 1 aromatic carbocycles. The average molecular weight is 245 g/mol. The van der Waals surface area contributed by atoms with E-state index in [-0.39, 0.29) is 0 Å². The van der Waals surface area contributed by atoms with Gasteiger partial charge in [0.25, 0.3) is 0 Å². The summed E-state index contributed by atoms with van der Waals surface area (Å²) >= 11 is 0. The van der Waals surface area contributed by atoms with Gasteiger partial charge >= 0.3 is 0 Å². The number of nitrogens with one attached hydrogen (secondary N) is 2. The third kappa shape index (κ3) is 3.34. The first-order valence-corrected chi connectivity index (χ1v) is 6.77. The van der Waals surface area contributed by atoms with Crippen molar-refractivity contribution >= 4 is 10.9 Å². The monoisotopic (exact) mass is 245 g/mol. The summed E-state index contributed by atoms with van der Waals surface area (Å²) in [4.78, 5) is 3.31. The maximum absolute atomic E-state index is 5.59. The van der Waals surface area contributed by atoms with Gasteiger partial charge in [-0.25, -0.2) is 0 Å². The van der Waals surface area contributed by atoms with Crippen molar-refractivity contribution in [3.05, 3.63) is 36.0 Å². The summed E-state index contributed by atoms with van der Waals surface area (Å²) in [5.41, 5.74) is 8.21. The van der Waals surface area contributed by atoms with Crippen LogP contribution in [0.3, 0.4) is 0 Å². The van der Waals surface area contributed by atoms with Crippen molar-refractivity contribution in [2.24, 2.45) is 11.7 Å². The standard InChI is InChI=1S/C15H23N3/c1-12(10-16)6-8-17-9-7-13-11-18-15-5-3-2-4-14(13)15/h2-5,11-12,17-18H,6-10,16H2,1H3. The van der Waals surface area contributed by atoms with Crippen LogP contribution in [0, 0.1) is 5.92 Å². The van der Waals surface area contributed by atoms with Crippen LogP contribution in [0.4, 0.5) is 0 Å². The Bertz CT molecular complexity index is 475. The second kappa shape index (κ2) is 6.57. The summed E-state index contributed by atoms with van der Waals surface area (Å²) in [5, 5.41) is 4.83. The molecule has 4 N–H and O–H groups in total. The molecule has 18 heavy (non-hydrogen) atoms. The van der Waals surface area contributed by atoms with Gasteiger partial charge < -0.3 is 16.0 Å². The van der Waals surface area contributed by atoms with Crippen molar-refractivity contribution in [2.45, 2.75) is 19.8 Å². The maximum atomic E-state index is 5.59. The molecule has 2 aromatic rings. The van der Waals surface area contributed by atoms with E-state index in [1.807, 2.05) is 0 Å². The number of hydrogen-bond acceptors (Lipinski definition) is 2. The molecule has 0 aliphatic rings. The van der Waals surface area contributed by atoms with E-state index >= 15 is 0 Å². The summed E-state index contributed by atoms with van der Waals surface area (Å²) in [7, 11) is 0. The molecule has 0 saturated carbocycles. The zero-order chi connectivity index (χ0) is 12.8. The maximum Gasteiger partial charge on any atom is 0.0456 e. The van der Waals surface area contributed by atoms with Crippen molar-refractivity contribution in [2.75, 3.05) is 19.6 Å². The Balaban J connectivity index is 1.77. The molecule has 0 amide bonds. The van der Waals surface area contributed by atoms with Gasteiger partial charge in [-0.1, -0.05) is 25.1 Å². The molecule has 0 saturated heterocycles. The Morgan fingerprint density at radius 3 is 2.94 bits per heavy atom. The molecule has 3 heteroatoms. The third-order valence-electron chi connectivity index (χ3n) is 3.46. The molecule has 0 radical (unpaired) electrons. The number of hydrogen-bond donors (Lipinski definition) is 3. The molecule has 1 atom stereocenters. The normalized spacial score (nSPS) is 13.0. The minimum atomic E-state index is 0.616. The lowest BCUT2D eigenvalue weighted by atomic mass is 10.1. The van der Waals surface area contributed by atoms with Crippen LogP contribution in [0.1, 0.15) is 18.9 Å². The number of rotatable bonds is 7. The van der Waals surface area contributed by atoms with Crippen LogP contribution in [0.2, 0.25) is 0 Å². The first-order valence-electron chi connectivity index (χ1n) is 6.77. The Morgan fingerprint density at radius 1 is 1.28 bits per heavy atom. The fourth-order valence-electron chi connectivity index (χ4n) is 2.15. The topological polar surface area (TPSA) is 53.8 Å². The van der Waals surface area contributed by atoms with Gasteiger partial charge in [0, 0.05) is 17.1 Å². The average Bonchev–Trinajstić information content (AvgIpc) is 2.81. The molecular formula is C15H23N3. The lowest BCUT2D eigenvalue weighted by Crippen LogP contribution is -2.22. The highest BCUT2D eigenvalue weighted by atomic mass is 14.8. The SMILES string of the molecule is CC(CN)CCNCCc1c[nH]c2ccccc12. The van der Waals surface area contributed by atoms with Crippen LogP contribution in [0.15, 0.2) is 30.5 Å². The van der Waals surface area contributed by atoms with E-state index in [4.69, 9.17) is 5.73 Å². The Morgan fingerprint density at radius 2 is 2.11 bits per heavy atom. The van der Waals surface area contributed by atoms with E-state index in [0.717, 1.165) is 32.5 Å². The van der Waals surface area contributed by atoms with Crippen LogP contribution >= 0.6 is 0 Å². The summed E-state index contributed by atoms with van der Waals surface area (Å²) in [6.07, 6.45) is 4.35. The molecule has 1 heterocycles. The molecule has 3 nitrogen and oxygen atoms in total. The molecule has 1 unspecified atom stereocenters. The number of nitrogens with two attached hydrogens (primary N) is 1. The quantitative estimate of drug-likeness (QED) is 0.656. The summed E-state index contributed by atoms with van der Waals surface area (Å²) < 4.78 is 0. The number of aromatic nitrogens is 1. The van der Waals surface area contributed by atoms with Crippen LogP contribution < -0.4 is 11.1 Å². The lowest BCUT2D eigenvalue weighted by molar-refractivity contribution is 0.511. The molecule has 0 aliphatic heterocycles. The second-order valence-electron chi connectivity index (χ2n) is 4.99. The molecular weight excluding hydrogens is 222 g/mol. The molecule has 98 valence electrons. The van der Waals surface area contributed by atoms with Gasteiger partial charge in [0.05, 0.1) is 0 Å². The van der Waals surface area contributed by atoms with Gasteiger partial charge in [0.15, 0.2) is 0 Å². The van der Waals surface area contributed by atoms with Gasteiger partial charge in [-0.2, -0.15) is 0 Å². The minimum Gasteiger partial charge on any atom is -0.361 e. The van der Waals surface area contributed by atoms with Crippen LogP contribution in [0.25, 0.3) is 10.9 Å². The van der Waals surface area contributed by atoms with Crippen molar-refractivity contribution in [1.29, 1.82) is 0 Å². The summed E-state index contributed by atoms with van der Waals surface area (Å²) in [6.45, 7) is 5.06. The van der Waals surface area contributed by atoms with Gasteiger partial charge in [0.1, 0.15) is 0 Å².